The number of carbonyl (C=O) groups is 1. The number of para-hydroxylation sites is 2. The van der Waals surface area contributed by atoms with Gasteiger partial charge in [0.2, 0.25) is 0 Å². The minimum Gasteiger partial charge on any atom is -0.324 e. The molecule has 1 heterocycles. The van der Waals surface area contributed by atoms with Crippen molar-refractivity contribution in [3.8, 4) is 0 Å². The monoisotopic (exact) mass is 348 g/mol. The van der Waals surface area contributed by atoms with Gasteiger partial charge in [-0.2, -0.15) is 0 Å². The summed E-state index contributed by atoms with van der Waals surface area (Å²) >= 11 is 1.58. The first-order valence-electron chi connectivity index (χ1n) is 7.42. The van der Waals surface area contributed by atoms with Crippen LogP contribution in [-0.4, -0.2) is 24.5 Å². The highest BCUT2D eigenvalue weighted by molar-refractivity contribution is 7.18. The van der Waals surface area contributed by atoms with Gasteiger partial charge < -0.3 is 10.2 Å². The van der Waals surface area contributed by atoms with Crippen molar-refractivity contribution in [1.82, 2.24) is 4.98 Å². The summed E-state index contributed by atoms with van der Waals surface area (Å²) in [5.41, 5.74) is 0.526. The number of quaternary nitrogens is 1. The summed E-state index contributed by atoms with van der Waals surface area (Å²) < 4.78 is 28.2. The van der Waals surface area contributed by atoms with Crippen LogP contribution in [0.5, 0.6) is 0 Å². The average molecular weight is 348 g/mol. The van der Waals surface area contributed by atoms with Crippen molar-refractivity contribution in [1.29, 1.82) is 0 Å². The van der Waals surface area contributed by atoms with Gasteiger partial charge in [0.25, 0.3) is 5.91 Å². The lowest BCUT2D eigenvalue weighted by Crippen LogP contribution is -3.08. The zero-order valence-electron chi connectivity index (χ0n) is 13.0. The zero-order chi connectivity index (χ0) is 17.1. The fourth-order valence-electron chi connectivity index (χ4n) is 2.39. The molecule has 0 bridgehead atoms. The molecule has 124 valence electrons. The molecule has 0 spiro atoms. The molecule has 2 aromatic carbocycles. The number of thiazole rings is 1. The number of aromatic nitrogens is 1. The van der Waals surface area contributed by atoms with Gasteiger partial charge in [-0.25, -0.2) is 13.8 Å². The quantitative estimate of drug-likeness (QED) is 0.743. The van der Waals surface area contributed by atoms with Gasteiger partial charge in [-0.15, -0.1) is 11.3 Å². The van der Waals surface area contributed by atoms with Crippen LogP contribution in [0.3, 0.4) is 0 Å². The Hall–Kier alpha value is -2.38. The number of benzene rings is 2. The molecule has 1 amide bonds. The van der Waals surface area contributed by atoms with E-state index < -0.39 is 23.2 Å². The Balaban J connectivity index is 1.62. The lowest BCUT2D eigenvalue weighted by molar-refractivity contribution is -0.885. The van der Waals surface area contributed by atoms with Crippen LogP contribution >= 0.6 is 11.3 Å². The molecular formula is C17H16F2N3OS+. The van der Waals surface area contributed by atoms with Crippen LogP contribution in [0.2, 0.25) is 0 Å². The van der Waals surface area contributed by atoms with Gasteiger partial charge in [-0.05, 0) is 24.3 Å². The molecule has 3 rings (SSSR count). The van der Waals surface area contributed by atoms with Crippen LogP contribution in [0.15, 0.2) is 42.5 Å². The Labute approximate surface area is 141 Å². The number of amides is 1. The molecule has 3 aromatic rings. The third kappa shape index (κ3) is 3.74. The van der Waals surface area contributed by atoms with Crippen LogP contribution in [0.1, 0.15) is 5.01 Å². The predicted molar refractivity (Wildman–Crippen MR) is 90.1 cm³/mol. The van der Waals surface area contributed by atoms with Crippen molar-refractivity contribution in [3.05, 3.63) is 59.1 Å². The van der Waals surface area contributed by atoms with E-state index in [0.717, 1.165) is 32.3 Å². The predicted octanol–water partition coefficient (Wildman–Crippen LogP) is 2.23. The summed E-state index contributed by atoms with van der Waals surface area (Å²) in [6, 6.07) is 11.3. The number of likely N-dealkylation sites (N-methyl/N-ethyl adjacent to an activating group) is 1. The summed E-state index contributed by atoms with van der Waals surface area (Å²) in [6.07, 6.45) is 0. The SMILES string of the molecule is C[NH+](CC(=O)Nc1c(F)cccc1F)Cc1nc2ccccc2s1. The number of rotatable bonds is 5. The molecule has 1 atom stereocenters. The van der Waals surface area contributed by atoms with E-state index >= 15 is 0 Å². The van der Waals surface area contributed by atoms with Gasteiger partial charge in [0, 0.05) is 0 Å². The van der Waals surface area contributed by atoms with Gasteiger partial charge in [-0.1, -0.05) is 18.2 Å². The largest absolute Gasteiger partial charge is 0.324 e. The van der Waals surface area contributed by atoms with Crippen LogP contribution in [0.25, 0.3) is 10.2 Å². The number of hydrogen-bond acceptors (Lipinski definition) is 3. The molecule has 2 N–H and O–H groups in total. The fourth-order valence-corrected chi connectivity index (χ4v) is 3.47. The van der Waals surface area contributed by atoms with E-state index in [1.165, 1.54) is 6.07 Å². The summed E-state index contributed by atoms with van der Waals surface area (Å²) in [6.45, 7) is 0.649. The average Bonchev–Trinajstić information content (AvgIpc) is 2.93. The summed E-state index contributed by atoms with van der Waals surface area (Å²) in [5.74, 6) is -2.02. The maximum atomic E-state index is 13.5. The van der Waals surface area contributed by atoms with Crippen molar-refractivity contribution in [3.63, 3.8) is 0 Å². The molecule has 0 fully saturated rings. The second kappa shape index (κ2) is 7.02. The zero-order valence-corrected chi connectivity index (χ0v) is 13.8. The molecule has 0 saturated carbocycles. The minimum absolute atomic E-state index is 0.0870. The second-order valence-corrected chi connectivity index (χ2v) is 6.65. The van der Waals surface area contributed by atoms with Crippen molar-refractivity contribution < 1.29 is 18.5 Å². The highest BCUT2D eigenvalue weighted by atomic mass is 32.1. The van der Waals surface area contributed by atoms with E-state index in [2.05, 4.69) is 10.3 Å². The Morgan fingerprint density at radius 3 is 2.58 bits per heavy atom. The standard InChI is InChI=1S/C17H15F2N3OS/c1-22(10-16-20-13-7-2-3-8-14(13)24-16)9-15(23)21-17-11(18)5-4-6-12(17)19/h2-8H,9-10H2,1H3,(H,21,23)/p+1. The van der Waals surface area contributed by atoms with Crippen LogP contribution in [-0.2, 0) is 11.3 Å². The van der Waals surface area contributed by atoms with Crippen molar-refractivity contribution in [2.45, 2.75) is 6.54 Å². The molecule has 4 nitrogen and oxygen atoms in total. The fraction of sp³-hybridized carbons (Fsp3) is 0.176. The van der Waals surface area contributed by atoms with Gasteiger partial charge in [0.15, 0.2) is 6.54 Å². The molecule has 0 aliphatic carbocycles. The maximum absolute atomic E-state index is 13.5. The van der Waals surface area contributed by atoms with Crippen LogP contribution in [0.4, 0.5) is 14.5 Å². The first-order chi connectivity index (χ1) is 11.5. The number of hydrogen-bond donors (Lipinski definition) is 2. The molecule has 7 heteroatoms. The van der Waals surface area contributed by atoms with Crippen molar-refractivity contribution in [2.75, 3.05) is 18.9 Å². The van der Waals surface area contributed by atoms with E-state index in [9.17, 15) is 13.6 Å². The Bertz CT molecular complexity index is 828. The molecule has 0 aliphatic rings. The van der Waals surface area contributed by atoms with Crippen molar-refractivity contribution >= 4 is 33.1 Å². The number of carbonyl (C=O) groups excluding carboxylic acids is 1. The van der Waals surface area contributed by atoms with Crippen LogP contribution < -0.4 is 10.2 Å². The van der Waals surface area contributed by atoms with Gasteiger partial charge >= 0.3 is 0 Å². The number of fused-ring (bicyclic) bond motifs is 1. The summed E-state index contributed by atoms with van der Waals surface area (Å²) in [4.78, 5) is 17.4. The van der Waals surface area contributed by atoms with Crippen molar-refractivity contribution in [2.24, 2.45) is 0 Å². The molecule has 1 unspecified atom stereocenters. The third-order valence-electron chi connectivity index (χ3n) is 3.48. The van der Waals surface area contributed by atoms with E-state index in [4.69, 9.17) is 0 Å². The molecule has 0 radical (unpaired) electrons. The molecular weight excluding hydrogens is 332 g/mol. The minimum atomic E-state index is -0.785. The van der Waals surface area contributed by atoms with Crippen LogP contribution in [0, 0.1) is 11.6 Å². The normalized spacial score (nSPS) is 12.3. The highest BCUT2D eigenvalue weighted by Gasteiger charge is 2.16. The lowest BCUT2D eigenvalue weighted by Gasteiger charge is -2.13. The Morgan fingerprint density at radius 2 is 1.88 bits per heavy atom. The number of halogens is 2. The lowest BCUT2D eigenvalue weighted by atomic mass is 10.3. The Morgan fingerprint density at radius 1 is 1.17 bits per heavy atom. The van der Waals surface area contributed by atoms with E-state index in [1.54, 1.807) is 11.3 Å². The molecule has 0 saturated heterocycles. The van der Waals surface area contributed by atoms with E-state index in [0.29, 0.717) is 6.54 Å². The summed E-state index contributed by atoms with van der Waals surface area (Å²) in [5, 5.41) is 3.21. The smallest absolute Gasteiger partial charge is 0.279 e. The van der Waals surface area contributed by atoms with Gasteiger partial charge in [0.1, 0.15) is 28.9 Å². The molecule has 0 aliphatic heterocycles. The van der Waals surface area contributed by atoms with Gasteiger partial charge in [-0.3, -0.25) is 4.79 Å². The highest BCUT2D eigenvalue weighted by Crippen LogP contribution is 2.20. The van der Waals surface area contributed by atoms with Gasteiger partial charge in [0.05, 0.1) is 17.3 Å². The second-order valence-electron chi connectivity index (χ2n) is 5.53. The summed E-state index contributed by atoms with van der Waals surface area (Å²) in [7, 11) is 1.84. The molecule has 24 heavy (non-hydrogen) atoms. The Kier molecular flexibility index (Phi) is 4.82. The maximum Gasteiger partial charge on any atom is 0.279 e. The number of anilines is 1. The first-order valence-corrected chi connectivity index (χ1v) is 8.24. The molecule has 1 aromatic heterocycles. The first kappa shape index (κ1) is 16.5. The number of nitrogens with one attached hydrogen (secondary N) is 2. The van der Waals surface area contributed by atoms with E-state index in [-0.39, 0.29) is 6.54 Å². The third-order valence-corrected chi connectivity index (χ3v) is 4.52. The number of nitrogens with zero attached hydrogens (tertiary/aromatic N) is 1. The topological polar surface area (TPSA) is 46.4 Å². The van der Waals surface area contributed by atoms with E-state index in [1.807, 2.05) is 31.3 Å².